The van der Waals surface area contributed by atoms with Gasteiger partial charge in [0.2, 0.25) is 0 Å². The standard InChI is InChI=1S/C22H19N7O2S/c1-13-11-17(30)29(22(13)31)27-20-18(23-3)21(32-4)26-19(25-20)16-7-5-15(6-8-16)12-28-10-9-24-14(28)2/h5-11H,12H2,1-2,4H3,(H,25,26,27). The van der Waals surface area contributed by atoms with Crippen LogP contribution >= 0.6 is 11.8 Å². The number of imidazole rings is 1. The Morgan fingerprint density at radius 2 is 1.91 bits per heavy atom. The van der Waals surface area contributed by atoms with Crippen molar-refractivity contribution in [3.8, 4) is 11.4 Å². The van der Waals surface area contributed by atoms with Crippen LogP contribution in [0.15, 0.2) is 53.3 Å². The van der Waals surface area contributed by atoms with Crippen LogP contribution in [0.1, 0.15) is 18.3 Å². The van der Waals surface area contributed by atoms with Crippen LogP contribution in [0.5, 0.6) is 0 Å². The Morgan fingerprint density at radius 3 is 2.47 bits per heavy atom. The molecule has 0 unspecified atom stereocenters. The third-order valence-electron chi connectivity index (χ3n) is 4.96. The largest absolute Gasteiger partial charge is 0.331 e. The lowest BCUT2D eigenvalue weighted by Gasteiger charge is -2.18. The van der Waals surface area contributed by atoms with Gasteiger partial charge in [-0.3, -0.25) is 15.0 Å². The smallest absolute Gasteiger partial charge is 0.275 e. The monoisotopic (exact) mass is 445 g/mol. The molecule has 10 heteroatoms. The Hall–Kier alpha value is -3.97. The van der Waals surface area contributed by atoms with Gasteiger partial charge in [-0.1, -0.05) is 24.3 Å². The van der Waals surface area contributed by atoms with E-state index < -0.39 is 11.8 Å². The summed E-state index contributed by atoms with van der Waals surface area (Å²) < 4.78 is 2.05. The molecule has 3 aromatic rings. The maximum absolute atomic E-state index is 12.3. The molecule has 1 aliphatic heterocycles. The summed E-state index contributed by atoms with van der Waals surface area (Å²) in [4.78, 5) is 41.1. The number of hydrogen-bond donors (Lipinski definition) is 1. The number of thioether (sulfide) groups is 1. The van der Waals surface area contributed by atoms with Crippen molar-refractivity contribution in [3.63, 3.8) is 0 Å². The summed E-state index contributed by atoms with van der Waals surface area (Å²) in [6, 6.07) is 7.77. The van der Waals surface area contributed by atoms with E-state index in [0.717, 1.165) is 22.0 Å². The highest BCUT2D eigenvalue weighted by molar-refractivity contribution is 7.98. The Bertz CT molecular complexity index is 1290. The number of hydrazine groups is 1. The molecule has 2 aromatic heterocycles. The Morgan fingerprint density at radius 1 is 1.16 bits per heavy atom. The topological polar surface area (TPSA) is 97.4 Å². The molecule has 160 valence electrons. The highest BCUT2D eigenvalue weighted by Crippen LogP contribution is 2.35. The van der Waals surface area contributed by atoms with Crippen LogP contribution in [-0.2, 0) is 16.1 Å². The molecular formula is C22H19N7O2S. The summed E-state index contributed by atoms with van der Waals surface area (Å²) in [6.45, 7) is 11.7. The molecule has 0 aliphatic carbocycles. The number of nitrogens with zero attached hydrogens (tertiary/aromatic N) is 6. The predicted molar refractivity (Wildman–Crippen MR) is 121 cm³/mol. The molecule has 2 amide bonds. The van der Waals surface area contributed by atoms with Gasteiger partial charge < -0.3 is 4.57 Å². The van der Waals surface area contributed by atoms with Crippen LogP contribution in [0.4, 0.5) is 11.5 Å². The van der Waals surface area contributed by atoms with E-state index in [0.29, 0.717) is 23.0 Å². The van der Waals surface area contributed by atoms with Gasteiger partial charge in [-0.05, 0) is 25.7 Å². The van der Waals surface area contributed by atoms with Gasteiger partial charge in [-0.25, -0.2) is 19.8 Å². The van der Waals surface area contributed by atoms with Gasteiger partial charge in [0.25, 0.3) is 17.5 Å². The van der Waals surface area contributed by atoms with Crippen LogP contribution in [0.2, 0.25) is 0 Å². The van der Waals surface area contributed by atoms with Gasteiger partial charge in [0.05, 0.1) is 6.57 Å². The minimum atomic E-state index is -0.506. The summed E-state index contributed by atoms with van der Waals surface area (Å²) in [5, 5.41) is 1.31. The van der Waals surface area contributed by atoms with Crippen molar-refractivity contribution in [1.29, 1.82) is 0 Å². The van der Waals surface area contributed by atoms with E-state index in [9.17, 15) is 9.59 Å². The molecule has 0 atom stereocenters. The molecule has 0 bridgehead atoms. The third-order valence-corrected chi connectivity index (χ3v) is 5.64. The van der Waals surface area contributed by atoms with Crippen molar-refractivity contribution in [2.75, 3.05) is 11.7 Å². The molecule has 1 aromatic carbocycles. The SMILES string of the molecule is [C-]#[N+]c1c(NN2C(=O)C=C(C)C2=O)nc(-c2ccc(Cn3ccnc3C)cc2)nc1SC. The highest BCUT2D eigenvalue weighted by Gasteiger charge is 2.30. The number of carbonyl (C=O) groups is 2. The van der Waals surface area contributed by atoms with Gasteiger partial charge in [0.1, 0.15) is 10.9 Å². The molecule has 1 N–H and O–H groups in total. The highest BCUT2D eigenvalue weighted by atomic mass is 32.2. The molecule has 0 saturated carbocycles. The zero-order chi connectivity index (χ0) is 22.8. The van der Waals surface area contributed by atoms with Crippen molar-refractivity contribution in [2.24, 2.45) is 0 Å². The molecule has 1 aliphatic rings. The van der Waals surface area contributed by atoms with E-state index in [1.165, 1.54) is 17.8 Å². The number of aryl methyl sites for hydroxylation is 1. The molecule has 3 heterocycles. The molecule has 9 nitrogen and oxygen atoms in total. The minimum absolute atomic E-state index is 0.109. The first-order valence-corrected chi connectivity index (χ1v) is 10.9. The van der Waals surface area contributed by atoms with Crippen LogP contribution in [0.25, 0.3) is 16.2 Å². The Kier molecular flexibility index (Phi) is 5.75. The normalized spacial score (nSPS) is 13.3. The van der Waals surface area contributed by atoms with E-state index >= 15 is 0 Å². The quantitative estimate of drug-likeness (QED) is 0.268. The lowest BCUT2D eigenvalue weighted by Crippen LogP contribution is -2.36. The van der Waals surface area contributed by atoms with Crippen LogP contribution in [-0.4, -0.2) is 42.6 Å². The summed E-state index contributed by atoms with van der Waals surface area (Å²) >= 11 is 1.29. The maximum Gasteiger partial charge on any atom is 0.275 e. The zero-order valence-corrected chi connectivity index (χ0v) is 18.5. The van der Waals surface area contributed by atoms with Crippen molar-refractivity contribution < 1.29 is 9.59 Å². The van der Waals surface area contributed by atoms with E-state index in [1.807, 2.05) is 42.0 Å². The molecular weight excluding hydrogens is 426 g/mol. The fourth-order valence-electron chi connectivity index (χ4n) is 3.21. The molecule has 4 rings (SSSR count). The van der Waals surface area contributed by atoms with Crippen LogP contribution < -0.4 is 5.43 Å². The fourth-order valence-corrected chi connectivity index (χ4v) is 3.72. The van der Waals surface area contributed by atoms with Gasteiger partial charge in [0, 0.05) is 36.2 Å². The maximum atomic E-state index is 12.3. The van der Waals surface area contributed by atoms with Gasteiger partial charge in [-0.15, -0.1) is 11.8 Å². The van der Waals surface area contributed by atoms with Crippen LogP contribution in [0.3, 0.4) is 0 Å². The first-order chi connectivity index (χ1) is 15.4. The van der Waals surface area contributed by atoms with Gasteiger partial charge in [-0.2, -0.15) is 5.01 Å². The summed E-state index contributed by atoms with van der Waals surface area (Å²) in [5.74, 6) is 0.447. The first kappa shape index (κ1) is 21.3. The van der Waals surface area contributed by atoms with Crippen LogP contribution in [0, 0.1) is 13.5 Å². The number of benzene rings is 1. The molecule has 0 radical (unpaired) electrons. The van der Waals surface area contributed by atoms with E-state index in [2.05, 4.69) is 25.2 Å². The number of amides is 2. The van der Waals surface area contributed by atoms with Crippen molar-refractivity contribution >= 4 is 35.1 Å². The number of rotatable bonds is 6. The lowest BCUT2D eigenvalue weighted by molar-refractivity contribution is -0.135. The van der Waals surface area contributed by atoms with Crippen molar-refractivity contribution in [1.82, 2.24) is 24.5 Å². The van der Waals surface area contributed by atoms with Crippen molar-refractivity contribution in [3.05, 3.63) is 71.1 Å². The Balaban J connectivity index is 1.66. The van der Waals surface area contributed by atoms with E-state index in [1.54, 1.807) is 19.4 Å². The minimum Gasteiger partial charge on any atom is -0.331 e. The zero-order valence-electron chi connectivity index (χ0n) is 17.7. The second-order valence-electron chi connectivity index (χ2n) is 7.08. The average Bonchev–Trinajstić information content (AvgIpc) is 3.30. The second kappa shape index (κ2) is 8.64. The average molecular weight is 446 g/mol. The number of imide groups is 1. The van der Waals surface area contributed by atoms with Gasteiger partial charge in [0.15, 0.2) is 11.6 Å². The van der Waals surface area contributed by atoms with Crippen molar-refractivity contribution in [2.45, 2.75) is 25.4 Å². The fraction of sp³-hybridized carbons (Fsp3) is 0.182. The number of nitrogens with one attached hydrogen (secondary N) is 1. The lowest BCUT2D eigenvalue weighted by atomic mass is 10.1. The van der Waals surface area contributed by atoms with E-state index in [-0.39, 0.29) is 11.5 Å². The number of hydrogen-bond acceptors (Lipinski definition) is 7. The second-order valence-corrected chi connectivity index (χ2v) is 7.88. The summed E-state index contributed by atoms with van der Waals surface area (Å²) in [6.07, 6.45) is 6.74. The Labute approximate surface area is 189 Å². The number of carbonyl (C=O) groups excluding carboxylic acids is 2. The van der Waals surface area contributed by atoms with E-state index in [4.69, 9.17) is 6.57 Å². The molecule has 0 saturated heterocycles. The van der Waals surface area contributed by atoms with Gasteiger partial charge >= 0.3 is 0 Å². The molecule has 0 spiro atoms. The number of anilines is 1. The molecule has 32 heavy (non-hydrogen) atoms. The number of aromatic nitrogens is 4. The predicted octanol–water partition coefficient (Wildman–Crippen LogP) is 3.61. The first-order valence-electron chi connectivity index (χ1n) is 9.65. The summed E-state index contributed by atoms with van der Waals surface area (Å²) in [7, 11) is 0. The third kappa shape index (κ3) is 3.98. The summed E-state index contributed by atoms with van der Waals surface area (Å²) in [5.41, 5.74) is 5.02. The molecule has 0 fully saturated rings.